The van der Waals surface area contributed by atoms with Crippen molar-refractivity contribution < 1.29 is 9.90 Å². The Morgan fingerprint density at radius 1 is 1.39 bits per heavy atom. The van der Waals surface area contributed by atoms with Crippen molar-refractivity contribution in [3.8, 4) is 0 Å². The fourth-order valence-corrected chi connectivity index (χ4v) is 3.91. The normalized spacial score (nSPS) is 18.2. The van der Waals surface area contributed by atoms with Crippen LogP contribution in [0, 0.1) is 6.92 Å². The lowest BCUT2D eigenvalue weighted by molar-refractivity contribution is -0.145. The summed E-state index contributed by atoms with van der Waals surface area (Å²) >= 11 is 1.60. The van der Waals surface area contributed by atoms with Crippen LogP contribution in [0.25, 0.3) is 10.2 Å². The molecule has 2 aromatic heterocycles. The van der Waals surface area contributed by atoms with E-state index in [2.05, 4.69) is 15.2 Å². The Hall–Kier alpha value is -2.32. The van der Waals surface area contributed by atoms with Crippen LogP contribution in [0.15, 0.2) is 24.3 Å². The molecule has 0 fully saturated rings. The second-order valence-corrected chi connectivity index (χ2v) is 6.72. The van der Waals surface area contributed by atoms with Crippen molar-refractivity contribution in [1.82, 2.24) is 24.6 Å². The van der Waals surface area contributed by atoms with Crippen LogP contribution >= 0.6 is 11.3 Å². The number of rotatable bonds is 3. The van der Waals surface area contributed by atoms with Gasteiger partial charge in [0.15, 0.2) is 0 Å². The van der Waals surface area contributed by atoms with Crippen LogP contribution in [-0.4, -0.2) is 41.8 Å². The van der Waals surface area contributed by atoms with E-state index in [1.807, 2.05) is 40.7 Å². The monoisotopic (exact) mass is 329 g/mol. The van der Waals surface area contributed by atoms with Crippen molar-refractivity contribution in [1.29, 1.82) is 0 Å². The molecule has 3 aromatic rings. The van der Waals surface area contributed by atoms with Gasteiger partial charge in [0.05, 0.1) is 29.9 Å². The second-order valence-electron chi connectivity index (χ2n) is 5.61. The molecule has 1 N–H and O–H groups in total. The standard InChI is InChI=1S/C15H15N5O2S/c1-9-17-18-13-7-19(11(15(21)22)6-20(9)13)8-14-16-10-4-2-3-5-12(10)23-14/h2-5,11H,6-8H2,1H3,(H,21,22). The molecule has 4 rings (SSSR count). The van der Waals surface area contributed by atoms with Gasteiger partial charge >= 0.3 is 5.97 Å². The van der Waals surface area contributed by atoms with Crippen molar-refractivity contribution in [2.24, 2.45) is 0 Å². The van der Waals surface area contributed by atoms with Crippen LogP contribution in [0.3, 0.4) is 0 Å². The van der Waals surface area contributed by atoms with Gasteiger partial charge in [-0.2, -0.15) is 0 Å². The van der Waals surface area contributed by atoms with Gasteiger partial charge in [-0.25, -0.2) is 4.98 Å². The highest BCUT2D eigenvalue weighted by atomic mass is 32.1. The molecule has 1 aliphatic rings. The number of nitrogens with zero attached hydrogens (tertiary/aromatic N) is 5. The number of hydrogen-bond donors (Lipinski definition) is 1. The predicted octanol–water partition coefficient (Wildman–Crippen LogP) is 1.67. The number of fused-ring (bicyclic) bond motifs is 2. The summed E-state index contributed by atoms with van der Waals surface area (Å²) in [4.78, 5) is 18.2. The van der Waals surface area contributed by atoms with Crippen LogP contribution in [0.1, 0.15) is 16.7 Å². The van der Waals surface area contributed by atoms with Crippen LogP contribution in [0.4, 0.5) is 0 Å². The summed E-state index contributed by atoms with van der Waals surface area (Å²) < 4.78 is 3.00. The van der Waals surface area contributed by atoms with Crippen molar-refractivity contribution in [3.63, 3.8) is 0 Å². The molecule has 0 spiro atoms. The van der Waals surface area contributed by atoms with E-state index in [0.717, 1.165) is 26.9 Å². The first kappa shape index (κ1) is 14.3. The van der Waals surface area contributed by atoms with E-state index in [1.165, 1.54) is 0 Å². The van der Waals surface area contributed by atoms with Crippen molar-refractivity contribution in [3.05, 3.63) is 40.9 Å². The maximum atomic E-state index is 11.7. The Labute approximate surface area is 136 Å². The highest BCUT2D eigenvalue weighted by molar-refractivity contribution is 7.18. The number of aliphatic carboxylic acids is 1. The van der Waals surface area contributed by atoms with Gasteiger partial charge in [-0.05, 0) is 19.1 Å². The van der Waals surface area contributed by atoms with Gasteiger partial charge in [-0.1, -0.05) is 12.1 Å². The maximum Gasteiger partial charge on any atom is 0.322 e. The van der Waals surface area contributed by atoms with E-state index in [-0.39, 0.29) is 0 Å². The number of benzene rings is 1. The molecule has 0 bridgehead atoms. The van der Waals surface area contributed by atoms with E-state index in [9.17, 15) is 9.90 Å². The lowest BCUT2D eigenvalue weighted by Crippen LogP contribution is -2.47. The zero-order valence-corrected chi connectivity index (χ0v) is 13.3. The minimum Gasteiger partial charge on any atom is -0.480 e. The molecule has 8 heteroatoms. The summed E-state index contributed by atoms with van der Waals surface area (Å²) in [7, 11) is 0. The predicted molar refractivity (Wildman–Crippen MR) is 85.0 cm³/mol. The molecule has 1 unspecified atom stereocenters. The first-order valence-electron chi connectivity index (χ1n) is 7.32. The molecule has 1 aromatic carbocycles. The molecule has 1 atom stereocenters. The van der Waals surface area contributed by atoms with Crippen LogP contribution in [-0.2, 0) is 24.4 Å². The van der Waals surface area contributed by atoms with E-state index >= 15 is 0 Å². The third kappa shape index (κ3) is 2.49. The fourth-order valence-electron chi connectivity index (χ4n) is 2.92. The topological polar surface area (TPSA) is 84.1 Å². The number of carbonyl (C=O) groups is 1. The number of thiazole rings is 1. The molecule has 3 heterocycles. The van der Waals surface area contributed by atoms with Crippen molar-refractivity contribution >= 4 is 27.5 Å². The van der Waals surface area contributed by atoms with Crippen LogP contribution in [0.5, 0.6) is 0 Å². The molecule has 0 radical (unpaired) electrons. The van der Waals surface area contributed by atoms with Crippen molar-refractivity contribution in [2.45, 2.75) is 32.6 Å². The summed E-state index contributed by atoms with van der Waals surface area (Å²) in [6, 6.07) is 7.35. The molecule has 1 aliphatic heterocycles. The maximum absolute atomic E-state index is 11.7. The lowest BCUT2D eigenvalue weighted by Gasteiger charge is -2.32. The SMILES string of the molecule is Cc1nnc2n1CC(C(=O)O)N(Cc1nc3ccccc3s1)C2. The average molecular weight is 329 g/mol. The third-order valence-electron chi connectivity index (χ3n) is 4.11. The number of aromatic nitrogens is 4. The van der Waals surface area contributed by atoms with Gasteiger partial charge < -0.3 is 9.67 Å². The zero-order chi connectivity index (χ0) is 16.0. The first-order chi connectivity index (χ1) is 11.1. The van der Waals surface area contributed by atoms with Gasteiger partial charge in [0.25, 0.3) is 0 Å². The number of carboxylic acid groups (broad SMARTS) is 1. The van der Waals surface area contributed by atoms with Crippen LogP contribution < -0.4 is 0 Å². The summed E-state index contributed by atoms with van der Waals surface area (Å²) in [5, 5.41) is 18.7. The van der Waals surface area contributed by atoms with E-state index in [4.69, 9.17) is 0 Å². The molecule has 23 heavy (non-hydrogen) atoms. The lowest BCUT2D eigenvalue weighted by atomic mass is 10.2. The molecule has 118 valence electrons. The molecule has 0 saturated heterocycles. The quantitative estimate of drug-likeness (QED) is 0.787. The minimum absolute atomic E-state index is 0.369. The smallest absolute Gasteiger partial charge is 0.322 e. The van der Waals surface area contributed by atoms with E-state index < -0.39 is 12.0 Å². The Kier molecular flexibility index (Phi) is 3.35. The van der Waals surface area contributed by atoms with Gasteiger partial charge in [0.2, 0.25) is 0 Å². The number of para-hydroxylation sites is 1. The molecule has 0 saturated carbocycles. The molecular formula is C15H15N5O2S. The van der Waals surface area contributed by atoms with Gasteiger partial charge in [0.1, 0.15) is 22.7 Å². The van der Waals surface area contributed by atoms with E-state index in [0.29, 0.717) is 19.6 Å². The zero-order valence-electron chi connectivity index (χ0n) is 12.5. The Morgan fingerprint density at radius 3 is 3.00 bits per heavy atom. The highest BCUT2D eigenvalue weighted by Gasteiger charge is 2.33. The summed E-state index contributed by atoms with van der Waals surface area (Å²) in [6.45, 7) is 3.18. The third-order valence-corrected chi connectivity index (χ3v) is 5.14. The van der Waals surface area contributed by atoms with Crippen LogP contribution in [0.2, 0.25) is 0 Å². The summed E-state index contributed by atoms with van der Waals surface area (Å²) in [5.74, 6) is 0.733. The van der Waals surface area contributed by atoms with Crippen molar-refractivity contribution in [2.75, 3.05) is 0 Å². The molecule has 7 nitrogen and oxygen atoms in total. The highest BCUT2D eigenvalue weighted by Crippen LogP contribution is 2.26. The number of carboxylic acids is 1. The molecule has 0 aliphatic carbocycles. The number of aryl methyl sites for hydroxylation is 1. The summed E-state index contributed by atoms with van der Waals surface area (Å²) in [5.41, 5.74) is 0.954. The minimum atomic E-state index is -0.829. The summed E-state index contributed by atoms with van der Waals surface area (Å²) in [6.07, 6.45) is 0. The fraction of sp³-hybridized carbons (Fsp3) is 0.333. The Morgan fingerprint density at radius 2 is 2.22 bits per heavy atom. The largest absolute Gasteiger partial charge is 0.480 e. The molecule has 0 amide bonds. The first-order valence-corrected chi connectivity index (χ1v) is 8.13. The van der Waals surface area contributed by atoms with Gasteiger partial charge in [-0.3, -0.25) is 9.69 Å². The Bertz CT molecular complexity index is 854. The average Bonchev–Trinajstić information content (AvgIpc) is 3.09. The molecular weight excluding hydrogens is 314 g/mol. The Balaban J connectivity index is 1.64. The second kappa shape index (κ2) is 5.39. The van der Waals surface area contributed by atoms with Gasteiger partial charge in [0, 0.05) is 0 Å². The van der Waals surface area contributed by atoms with Gasteiger partial charge in [-0.15, -0.1) is 21.5 Å². The van der Waals surface area contributed by atoms with E-state index in [1.54, 1.807) is 11.3 Å². The number of hydrogen-bond acceptors (Lipinski definition) is 6.